The van der Waals surface area contributed by atoms with E-state index in [0.29, 0.717) is 26.6 Å². The smallest absolute Gasteiger partial charge is 0.264 e. The molecule has 7 nitrogen and oxygen atoms in total. The molecule has 11 heteroatoms. The van der Waals surface area contributed by atoms with E-state index in [4.69, 9.17) is 23.2 Å². The Morgan fingerprint density at radius 3 is 2.16 bits per heavy atom. The van der Waals surface area contributed by atoms with Crippen molar-refractivity contribution in [3.05, 3.63) is 129 Å². The van der Waals surface area contributed by atoms with E-state index in [2.05, 4.69) is 21.2 Å². The second-order valence-corrected chi connectivity index (χ2v) is 14.5. The monoisotopic (exact) mass is 729 g/mol. The molecule has 1 N–H and O–H groups in total. The average Bonchev–Trinajstić information content (AvgIpc) is 3.02. The van der Waals surface area contributed by atoms with Gasteiger partial charge in [-0.2, -0.15) is 0 Å². The van der Waals surface area contributed by atoms with Crippen LogP contribution in [-0.2, 0) is 32.6 Å². The number of hydrogen-bond donors (Lipinski definition) is 1. The van der Waals surface area contributed by atoms with Gasteiger partial charge in [0, 0.05) is 34.0 Å². The van der Waals surface area contributed by atoms with Crippen molar-refractivity contribution in [2.45, 2.75) is 37.8 Å². The van der Waals surface area contributed by atoms with E-state index in [9.17, 15) is 18.0 Å². The molecule has 2 amide bonds. The highest BCUT2D eigenvalue weighted by molar-refractivity contribution is 9.10. The van der Waals surface area contributed by atoms with Crippen LogP contribution in [0, 0.1) is 5.92 Å². The first kappa shape index (κ1) is 34.5. The fourth-order valence-corrected chi connectivity index (χ4v) is 6.97. The number of anilines is 1. The van der Waals surface area contributed by atoms with Gasteiger partial charge in [-0.05, 0) is 59.5 Å². The first-order valence-corrected chi connectivity index (χ1v) is 17.3. The molecule has 0 radical (unpaired) electrons. The maximum Gasteiger partial charge on any atom is 0.264 e. The summed E-state index contributed by atoms with van der Waals surface area (Å²) in [5.74, 6) is -0.767. The summed E-state index contributed by atoms with van der Waals surface area (Å²) in [5, 5.41) is 3.72. The first-order chi connectivity index (χ1) is 21.5. The summed E-state index contributed by atoms with van der Waals surface area (Å²) in [6.07, 6.45) is 0.198. The lowest BCUT2D eigenvalue weighted by Crippen LogP contribution is -2.53. The van der Waals surface area contributed by atoms with Crippen LogP contribution < -0.4 is 9.62 Å². The Kier molecular flexibility index (Phi) is 12.1. The van der Waals surface area contributed by atoms with Gasteiger partial charge in [0.05, 0.1) is 10.6 Å². The van der Waals surface area contributed by atoms with Crippen molar-refractivity contribution in [3.8, 4) is 0 Å². The molecule has 0 fully saturated rings. The minimum absolute atomic E-state index is 0.0283. The molecule has 1 atom stereocenters. The molecule has 4 aromatic rings. The number of amides is 2. The Morgan fingerprint density at radius 1 is 0.867 bits per heavy atom. The fraction of sp³-hybridized carbons (Fsp3) is 0.235. The van der Waals surface area contributed by atoms with Crippen molar-refractivity contribution in [1.82, 2.24) is 10.2 Å². The maximum atomic E-state index is 14.5. The molecular weight excluding hydrogens is 697 g/mol. The van der Waals surface area contributed by atoms with Gasteiger partial charge in [-0.15, -0.1) is 0 Å². The van der Waals surface area contributed by atoms with Crippen LogP contribution in [0.1, 0.15) is 25.0 Å². The molecule has 0 aromatic heterocycles. The van der Waals surface area contributed by atoms with Crippen molar-refractivity contribution in [1.29, 1.82) is 0 Å². The van der Waals surface area contributed by atoms with Gasteiger partial charge in [-0.1, -0.05) is 114 Å². The Labute approximate surface area is 283 Å². The zero-order chi connectivity index (χ0) is 32.6. The molecule has 45 heavy (non-hydrogen) atoms. The van der Waals surface area contributed by atoms with E-state index in [1.165, 1.54) is 17.0 Å². The van der Waals surface area contributed by atoms with Gasteiger partial charge < -0.3 is 10.2 Å². The van der Waals surface area contributed by atoms with E-state index in [1.54, 1.807) is 60.7 Å². The lowest BCUT2D eigenvalue weighted by Gasteiger charge is -2.34. The van der Waals surface area contributed by atoms with Gasteiger partial charge in [0.25, 0.3) is 10.0 Å². The van der Waals surface area contributed by atoms with Crippen molar-refractivity contribution in [3.63, 3.8) is 0 Å². The van der Waals surface area contributed by atoms with E-state index >= 15 is 0 Å². The van der Waals surface area contributed by atoms with Crippen LogP contribution in [0.15, 0.2) is 112 Å². The molecule has 0 aliphatic rings. The molecule has 0 spiro atoms. The predicted octanol–water partition coefficient (Wildman–Crippen LogP) is 7.36. The molecule has 0 aliphatic heterocycles. The molecule has 0 heterocycles. The number of benzene rings is 4. The summed E-state index contributed by atoms with van der Waals surface area (Å²) in [4.78, 5) is 29.8. The normalized spacial score (nSPS) is 12.0. The fourth-order valence-electron chi connectivity index (χ4n) is 4.69. The number of carbonyl (C=O) groups is 2. The van der Waals surface area contributed by atoms with Crippen LogP contribution in [0.2, 0.25) is 10.0 Å². The third kappa shape index (κ3) is 9.33. The van der Waals surface area contributed by atoms with Crippen molar-refractivity contribution in [2.24, 2.45) is 5.92 Å². The molecular formula is C34H34BrCl2N3O4S. The molecule has 236 valence electrons. The van der Waals surface area contributed by atoms with Gasteiger partial charge >= 0.3 is 0 Å². The highest BCUT2D eigenvalue weighted by Gasteiger charge is 2.35. The number of rotatable bonds is 13. The lowest BCUT2D eigenvalue weighted by molar-refractivity contribution is -0.140. The van der Waals surface area contributed by atoms with Gasteiger partial charge in [0.1, 0.15) is 12.6 Å². The minimum atomic E-state index is -4.19. The summed E-state index contributed by atoms with van der Waals surface area (Å²) >= 11 is 16.1. The standard InChI is InChI=1S/C34H34BrCl2N3O4S/c1-24(2)21-38-34(42)32(18-25-10-5-3-6-11-25)39(22-26-16-17-28(36)20-31(26)37)33(41)23-40(29-13-9-12-27(35)19-29)45(43,44)30-14-7-4-8-15-30/h3-17,19-20,24,32H,18,21-23H2,1-2H3,(H,38,42)/t32-/m0/s1. The highest BCUT2D eigenvalue weighted by Crippen LogP contribution is 2.28. The topological polar surface area (TPSA) is 86.8 Å². The summed E-state index contributed by atoms with van der Waals surface area (Å²) in [6, 6.07) is 27.9. The SMILES string of the molecule is CC(C)CNC(=O)[C@H](Cc1ccccc1)N(Cc1ccc(Cl)cc1Cl)C(=O)CN(c1cccc(Br)c1)S(=O)(=O)c1ccccc1. The average molecular weight is 732 g/mol. The molecule has 0 aliphatic carbocycles. The minimum Gasteiger partial charge on any atom is -0.354 e. The predicted molar refractivity (Wildman–Crippen MR) is 184 cm³/mol. The first-order valence-electron chi connectivity index (χ1n) is 14.3. The van der Waals surface area contributed by atoms with E-state index in [1.807, 2.05) is 44.2 Å². The highest BCUT2D eigenvalue weighted by atomic mass is 79.9. The molecule has 4 rings (SSSR count). The number of halogens is 3. The van der Waals surface area contributed by atoms with Gasteiger partial charge in [0.2, 0.25) is 11.8 Å². The Hall–Kier alpha value is -3.37. The van der Waals surface area contributed by atoms with Gasteiger partial charge in [0.15, 0.2) is 0 Å². The summed E-state index contributed by atoms with van der Waals surface area (Å²) < 4.78 is 29.8. The Bertz CT molecular complexity index is 1720. The maximum absolute atomic E-state index is 14.5. The molecule has 0 unspecified atom stereocenters. The molecule has 0 saturated heterocycles. The van der Waals surface area contributed by atoms with Gasteiger partial charge in [-0.3, -0.25) is 13.9 Å². The van der Waals surface area contributed by atoms with E-state index < -0.39 is 28.5 Å². The summed E-state index contributed by atoms with van der Waals surface area (Å²) in [6.45, 7) is 3.74. The number of nitrogens with one attached hydrogen (secondary N) is 1. The molecule has 4 aromatic carbocycles. The van der Waals surface area contributed by atoms with Crippen molar-refractivity contribution in [2.75, 3.05) is 17.4 Å². The van der Waals surface area contributed by atoms with Crippen LogP contribution >= 0.6 is 39.1 Å². The third-order valence-electron chi connectivity index (χ3n) is 7.02. The Morgan fingerprint density at radius 2 is 1.53 bits per heavy atom. The van der Waals surface area contributed by atoms with Crippen molar-refractivity contribution < 1.29 is 18.0 Å². The van der Waals surface area contributed by atoms with E-state index in [0.717, 1.165) is 9.87 Å². The number of carbonyl (C=O) groups excluding carboxylic acids is 2. The number of nitrogens with zero attached hydrogens (tertiary/aromatic N) is 2. The summed E-state index contributed by atoms with van der Waals surface area (Å²) in [5.41, 5.74) is 1.68. The second-order valence-electron chi connectivity index (χ2n) is 10.9. The third-order valence-corrected chi connectivity index (χ3v) is 9.89. The lowest BCUT2D eigenvalue weighted by atomic mass is 10.0. The van der Waals surface area contributed by atoms with Gasteiger partial charge in [-0.25, -0.2) is 8.42 Å². The quantitative estimate of drug-likeness (QED) is 0.156. The van der Waals surface area contributed by atoms with Crippen LogP contribution in [0.3, 0.4) is 0 Å². The molecule has 0 bridgehead atoms. The largest absolute Gasteiger partial charge is 0.354 e. The Balaban J connectivity index is 1.81. The van der Waals surface area contributed by atoms with Crippen LogP contribution in [0.25, 0.3) is 0 Å². The van der Waals surface area contributed by atoms with Crippen LogP contribution in [-0.4, -0.2) is 44.3 Å². The van der Waals surface area contributed by atoms with Crippen LogP contribution in [0.4, 0.5) is 5.69 Å². The second kappa shape index (κ2) is 15.8. The van der Waals surface area contributed by atoms with Crippen LogP contribution in [0.5, 0.6) is 0 Å². The number of sulfonamides is 1. The zero-order valence-corrected chi connectivity index (χ0v) is 28.8. The number of hydrogen-bond acceptors (Lipinski definition) is 4. The summed E-state index contributed by atoms with van der Waals surface area (Å²) in [7, 11) is -4.19. The van der Waals surface area contributed by atoms with Crippen molar-refractivity contribution >= 4 is 66.7 Å². The zero-order valence-electron chi connectivity index (χ0n) is 24.9. The van der Waals surface area contributed by atoms with E-state index in [-0.39, 0.29) is 35.4 Å². The molecule has 0 saturated carbocycles.